The van der Waals surface area contributed by atoms with Crippen LogP contribution in [0.4, 0.5) is 0 Å². The van der Waals surface area contributed by atoms with Gasteiger partial charge in [0, 0.05) is 16.7 Å². The Hall–Kier alpha value is -6.12. The topological polar surface area (TPSA) is 25.8 Å². The lowest BCUT2D eigenvalue weighted by molar-refractivity contribution is 0.986. The van der Waals surface area contributed by atoms with Crippen LogP contribution in [0.5, 0.6) is 0 Å². The molecule has 0 amide bonds. The molecule has 0 saturated carbocycles. The van der Waals surface area contributed by atoms with Crippen molar-refractivity contribution in [1.82, 2.24) is 9.97 Å². The van der Waals surface area contributed by atoms with Gasteiger partial charge in [-0.05, 0) is 88.0 Å². The number of rotatable bonds is 7. The molecule has 1 aliphatic rings. The van der Waals surface area contributed by atoms with Gasteiger partial charge >= 0.3 is 0 Å². The standard InChI is InChI=1S/C48H38N2/c1-3-11-33(4-2)34-20-26-39(27-21-34)46-32-47(40-28-22-37(23-29-40)44-18-9-14-35-12-5-7-16-42(35)44)50-48(49-46)41-30-24-38(25-31-41)45-19-10-15-36-13-6-8-17-43(36)45/h3-4,6-11,13-32H,5,12H2,1-2H3/b11-3-,33-4+. The fourth-order valence-electron chi connectivity index (χ4n) is 7.06. The van der Waals surface area contributed by atoms with Gasteiger partial charge in [-0.2, -0.15) is 0 Å². The van der Waals surface area contributed by atoms with Gasteiger partial charge < -0.3 is 0 Å². The number of benzene rings is 6. The summed E-state index contributed by atoms with van der Waals surface area (Å²) in [5.41, 5.74) is 14.9. The molecule has 50 heavy (non-hydrogen) atoms. The van der Waals surface area contributed by atoms with Crippen LogP contribution in [0.2, 0.25) is 0 Å². The number of aryl methyl sites for hydroxylation is 1. The molecule has 7 aromatic rings. The first-order chi connectivity index (χ1) is 24.7. The minimum absolute atomic E-state index is 0.709. The van der Waals surface area contributed by atoms with E-state index in [-0.39, 0.29) is 0 Å². The molecular formula is C48H38N2. The Labute approximate surface area is 294 Å². The van der Waals surface area contributed by atoms with Crippen molar-refractivity contribution < 1.29 is 0 Å². The first kappa shape index (κ1) is 31.2. The van der Waals surface area contributed by atoms with Crippen LogP contribution in [0.15, 0.2) is 164 Å². The molecule has 0 N–H and O–H groups in total. The van der Waals surface area contributed by atoms with Crippen molar-refractivity contribution in [3.05, 3.63) is 181 Å². The highest BCUT2D eigenvalue weighted by Gasteiger charge is 2.14. The van der Waals surface area contributed by atoms with E-state index in [2.05, 4.69) is 177 Å². The summed E-state index contributed by atoms with van der Waals surface area (Å²) in [4.78, 5) is 10.3. The molecule has 1 heterocycles. The largest absolute Gasteiger partial charge is 0.228 e. The summed E-state index contributed by atoms with van der Waals surface area (Å²) in [6.07, 6.45) is 13.1. The monoisotopic (exact) mass is 642 g/mol. The molecule has 0 bridgehead atoms. The van der Waals surface area contributed by atoms with E-state index in [0.29, 0.717) is 5.82 Å². The average molecular weight is 643 g/mol. The zero-order valence-corrected chi connectivity index (χ0v) is 28.5. The third-order valence-corrected chi connectivity index (χ3v) is 9.69. The highest BCUT2D eigenvalue weighted by atomic mass is 14.9. The van der Waals surface area contributed by atoms with Gasteiger partial charge in [0.1, 0.15) is 0 Å². The van der Waals surface area contributed by atoms with E-state index in [0.717, 1.165) is 40.9 Å². The number of hydrogen-bond donors (Lipinski definition) is 0. The summed E-state index contributed by atoms with van der Waals surface area (Å²) in [6.45, 7) is 4.12. The smallest absolute Gasteiger partial charge is 0.160 e. The van der Waals surface area contributed by atoms with Crippen LogP contribution < -0.4 is 0 Å². The van der Waals surface area contributed by atoms with Crippen LogP contribution in [0.1, 0.15) is 37.0 Å². The van der Waals surface area contributed by atoms with E-state index in [9.17, 15) is 0 Å². The second-order valence-corrected chi connectivity index (χ2v) is 12.8. The van der Waals surface area contributed by atoms with E-state index in [1.807, 2.05) is 6.92 Å². The Morgan fingerprint density at radius 2 is 1.18 bits per heavy atom. The van der Waals surface area contributed by atoms with E-state index >= 15 is 0 Å². The maximum absolute atomic E-state index is 5.17. The SMILES string of the molecule is C/C=C\C(=C/C)c1ccc(-c2cc(-c3ccc(-c4cccc5c4C=CCC5)cc3)nc(-c3ccc(-c4cccc5ccccc45)cc3)n2)cc1. The maximum Gasteiger partial charge on any atom is 0.160 e. The highest BCUT2D eigenvalue weighted by molar-refractivity contribution is 5.96. The number of hydrogen-bond acceptors (Lipinski definition) is 2. The Morgan fingerprint density at radius 1 is 0.580 bits per heavy atom. The zero-order valence-electron chi connectivity index (χ0n) is 28.5. The van der Waals surface area contributed by atoms with E-state index < -0.39 is 0 Å². The van der Waals surface area contributed by atoms with Crippen LogP contribution in [-0.2, 0) is 6.42 Å². The van der Waals surface area contributed by atoms with Crippen molar-refractivity contribution in [2.24, 2.45) is 0 Å². The van der Waals surface area contributed by atoms with Gasteiger partial charge in [0.25, 0.3) is 0 Å². The molecule has 0 atom stereocenters. The number of nitrogens with zero attached hydrogens (tertiary/aromatic N) is 2. The van der Waals surface area contributed by atoms with Crippen LogP contribution in [0.25, 0.3) is 78.6 Å². The third kappa shape index (κ3) is 6.13. The first-order valence-corrected chi connectivity index (χ1v) is 17.5. The third-order valence-electron chi connectivity index (χ3n) is 9.69. The predicted molar refractivity (Wildman–Crippen MR) is 213 cm³/mol. The molecule has 0 unspecified atom stereocenters. The summed E-state index contributed by atoms with van der Waals surface area (Å²) in [5.74, 6) is 0.709. The quantitative estimate of drug-likeness (QED) is 0.162. The number of aromatic nitrogens is 2. The van der Waals surface area contributed by atoms with E-state index in [4.69, 9.17) is 9.97 Å². The van der Waals surface area contributed by atoms with Gasteiger partial charge in [0.05, 0.1) is 11.4 Å². The zero-order chi connectivity index (χ0) is 33.9. The maximum atomic E-state index is 5.17. The molecule has 0 aliphatic heterocycles. The van der Waals surface area contributed by atoms with Crippen molar-refractivity contribution >= 4 is 22.4 Å². The molecular weight excluding hydrogens is 605 g/mol. The molecule has 0 spiro atoms. The normalized spacial score (nSPS) is 12.8. The molecule has 8 rings (SSSR count). The molecule has 2 heteroatoms. The predicted octanol–water partition coefficient (Wildman–Crippen LogP) is 12.9. The highest BCUT2D eigenvalue weighted by Crippen LogP contribution is 2.35. The summed E-state index contributed by atoms with van der Waals surface area (Å²) < 4.78 is 0. The minimum Gasteiger partial charge on any atom is -0.228 e. The van der Waals surface area contributed by atoms with Gasteiger partial charge in [-0.15, -0.1) is 0 Å². The lowest BCUT2D eigenvalue weighted by Gasteiger charge is -2.15. The number of fused-ring (bicyclic) bond motifs is 2. The molecule has 0 fully saturated rings. The lowest BCUT2D eigenvalue weighted by atomic mass is 9.89. The first-order valence-electron chi connectivity index (χ1n) is 17.5. The van der Waals surface area contributed by atoms with Gasteiger partial charge in [0.2, 0.25) is 0 Å². The summed E-state index contributed by atoms with van der Waals surface area (Å²) in [5, 5.41) is 2.49. The lowest BCUT2D eigenvalue weighted by Crippen LogP contribution is -1.97. The van der Waals surface area contributed by atoms with Crippen molar-refractivity contribution in [3.63, 3.8) is 0 Å². The molecule has 1 aromatic heterocycles. The van der Waals surface area contributed by atoms with Gasteiger partial charge in [0.15, 0.2) is 5.82 Å². The fourth-order valence-corrected chi connectivity index (χ4v) is 7.06. The Bertz CT molecular complexity index is 2400. The van der Waals surface area contributed by atoms with Gasteiger partial charge in [-0.1, -0.05) is 164 Å². The molecule has 2 nitrogen and oxygen atoms in total. The summed E-state index contributed by atoms with van der Waals surface area (Å²) in [6, 6.07) is 50.0. The molecule has 6 aromatic carbocycles. The Balaban J connectivity index is 1.19. The minimum atomic E-state index is 0.709. The van der Waals surface area contributed by atoms with Crippen LogP contribution in [-0.4, -0.2) is 9.97 Å². The van der Waals surface area contributed by atoms with Gasteiger partial charge in [-0.25, -0.2) is 9.97 Å². The Morgan fingerprint density at radius 3 is 1.90 bits per heavy atom. The average Bonchev–Trinajstić information content (AvgIpc) is 3.19. The fraction of sp³-hybridized carbons (Fsp3) is 0.0833. The second kappa shape index (κ2) is 13.8. The molecule has 1 aliphatic carbocycles. The van der Waals surface area contributed by atoms with Crippen molar-refractivity contribution in [2.75, 3.05) is 0 Å². The molecule has 0 saturated heterocycles. The van der Waals surface area contributed by atoms with Crippen LogP contribution in [0, 0.1) is 0 Å². The van der Waals surface area contributed by atoms with Crippen LogP contribution in [0.3, 0.4) is 0 Å². The van der Waals surface area contributed by atoms with Crippen LogP contribution >= 0.6 is 0 Å². The summed E-state index contributed by atoms with van der Waals surface area (Å²) in [7, 11) is 0. The summed E-state index contributed by atoms with van der Waals surface area (Å²) >= 11 is 0. The molecule has 240 valence electrons. The van der Waals surface area contributed by atoms with E-state index in [1.165, 1.54) is 55.3 Å². The second-order valence-electron chi connectivity index (χ2n) is 12.8. The van der Waals surface area contributed by atoms with Crippen molar-refractivity contribution in [2.45, 2.75) is 26.7 Å². The Kier molecular flexibility index (Phi) is 8.59. The van der Waals surface area contributed by atoms with Crippen molar-refractivity contribution in [3.8, 4) is 56.2 Å². The number of allylic oxidation sites excluding steroid dienone is 5. The van der Waals surface area contributed by atoms with E-state index in [1.54, 1.807) is 0 Å². The molecule has 0 radical (unpaired) electrons. The van der Waals surface area contributed by atoms with Crippen molar-refractivity contribution in [1.29, 1.82) is 0 Å². The van der Waals surface area contributed by atoms with Gasteiger partial charge in [-0.3, -0.25) is 0 Å².